The number of hydrogen-bond acceptors (Lipinski definition) is 4. The number of carbonyl (C=O) groups excluding carboxylic acids is 2. The van der Waals surface area contributed by atoms with Crippen molar-refractivity contribution >= 4 is 12.1 Å². The highest BCUT2D eigenvalue weighted by atomic mass is 19.4. The third-order valence-corrected chi connectivity index (χ3v) is 3.50. The van der Waals surface area contributed by atoms with Crippen molar-refractivity contribution < 1.29 is 32.2 Å². The molecule has 0 rings (SSSR count). The highest BCUT2D eigenvalue weighted by molar-refractivity contribution is 5.88. The van der Waals surface area contributed by atoms with E-state index in [-0.39, 0.29) is 17.9 Å². The van der Waals surface area contributed by atoms with E-state index in [0.717, 1.165) is 6.92 Å². The molecule has 0 aliphatic heterocycles. The average Bonchev–Trinajstić information content (AvgIpc) is 2.59. The molecular formula is C24H46F3NO4. The van der Waals surface area contributed by atoms with Crippen LogP contribution in [0.25, 0.3) is 0 Å². The maximum Gasteiger partial charge on any atom is 0.425 e. The Bertz CT molecular complexity index is 524. The summed E-state index contributed by atoms with van der Waals surface area (Å²) in [6.07, 6.45) is -3.16. The molecule has 0 heterocycles. The van der Waals surface area contributed by atoms with Gasteiger partial charge in [0.05, 0.1) is 0 Å². The van der Waals surface area contributed by atoms with Gasteiger partial charge in [-0.15, -0.1) is 0 Å². The lowest BCUT2D eigenvalue weighted by Crippen LogP contribution is -2.40. The number of alkyl carbamates (subject to hydrolysis) is 1. The van der Waals surface area contributed by atoms with Crippen LogP contribution >= 0.6 is 0 Å². The Morgan fingerprint density at radius 3 is 1.72 bits per heavy atom. The zero-order valence-electron chi connectivity index (χ0n) is 21.7. The maximum atomic E-state index is 12.5. The van der Waals surface area contributed by atoms with E-state index >= 15 is 0 Å². The highest BCUT2D eigenvalue weighted by Gasteiger charge is 2.39. The molecule has 0 fully saturated rings. The van der Waals surface area contributed by atoms with Crippen molar-refractivity contribution in [3.05, 3.63) is 12.2 Å². The topological polar surface area (TPSA) is 64.6 Å². The maximum absolute atomic E-state index is 12.5. The summed E-state index contributed by atoms with van der Waals surface area (Å²) in [7, 11) is 0. The van der Waals surface area contributed by atoms with Crippen LogP contribution in [0.1, 0.15) is 101 Å². The van der Waals surface area contributed by atoms with Crippen LogP contribution in [0.5, 0.6) is 0 Å². The Morgan fingerprint density at radius 1 is 0.969 bits per heavy atom. The van der Waals surface area contributed by atoms with Gasteiger partial charge in [-0.05, 0) is 46.5 Å². The third-order valence-electron chi connectivity index (χ3n) is 3.50. The third kappa shape index (κ3) is 22.9. The lowest BCUT2D eigenvalue weighted by molar-refractivity contribution is -0.214. The minimum atomic E-state index is -4.64. The van der Waals surface area contributed by atoms with Crippen LogP contribution in [0.15, 0.2) is 12.2 Å². The van der Waals surface area contributed by atoms with Crippen LogP contribution in [0.4, 0.5) is 18.0 Å². The molecule has 0 saturated carbocycles. The van der Waals surface area contributed by atoms with Gasteiger partial charge in [-0.25, -0.2) is 9.59 Å². The molecule has 0 bridgehead atoms. The standard InChI is InChI=1S/C17H28F3NO4.C4H10.C3H8/c1-10(2)8-13(21-15(23)25-16(5,6)7)9-11(3)14(22)24-12(4)17(18,19)20;1-3-4-2;1-3-2/h10,12-13H,3,8-9H2,1-2,4-7H3,(H,21,23);3-4H2,1-2H3;3H2,1-2H3. The summed E-state index contributed by atoms with van der Waals surface area (Å²) in [5.74, 6) is -0.956. The molecule has 0 aliphatic carbocycles. The number of ether oxygens (including phenoxy) is 2. The number of esters is 1. The van der Waals surface area contributed by atoms with Crippen LogP contribution in [0.3, 0.4) is 0 Å². The molecule has 0 aromatic heterocycles. The number of halogens is 3. The first-order valence-electron chi connectivity index (χ1n) is 11.4. The highest BCUT2D eigenvalue weighted by Crippen LogP contribution is 2.24. The molecule has 8 heteroatoms. The molecular weight excluding hydrogens is 423 g/mol. The minimum Gasteiger partial charge on any atom is -0.450 e. The first-order chi connectivity index (χ1) is 14.4. The summed E-state index contributed by atoms with van der Waals surface area (Å²) >= 11 is 0. The predicted molar refractivity (Wildman–Crippen MR) is 125 cm³/mol. The van der Waals surface area contributed by atoms with Crippen molar-refractivity contribution in [2.24, 2.45) is 5.92 Å². The average molecular weight is 470 g/mol. The number of unbranched alkanes of at least 4 members (excludes halogenated alkanes) is 1. The molecule has 0 spiro atoms. The van der Waals surface area contributed by atoms with Crippen molar-refractivity contribution in [3.63, 3.8) is 0 Å². The summed E-state index contributed by atoms with van der Waals surface area (Å²) in [6, 6.07) is -0.504. The van der Waals surface area contributed by atoms with E-state index in [0.29, 0.717) is 6.42 Å². The summed E-state index contributed by atoms with van der Waals surface area (Å²) in [6.45, 7) is 21.8. The lowest BCUT2D eigenvalue weighted by Gasteiger charge is -2.25. The molecule has 0 aromatic rings. The molecule has 192 valence electrons. The van der Waals surface area contributed by atoms with Gasteiger partial charge >= 0.3 is 18.2 Å². The Balaban J connectivity index is -0.00000105. The number of hydrogen-bond donors (Lipinski definition) is 1. The summed E-state index contributed by atoms with van der Waals surface area (Å²) < 4.78 is 46.9. The van der Waals surface area contributed by atoms with Crippen LogP contribution in [0, 0.1) is 5.92 Å². The summed E-state index contributed by atoms with van der Waals surface area (Å²) in [5, 5.41) is 2.62. The smallest absolute Gasteiger partial charge is 0.425 e. The molecule has 5 nitrogen and oxygen atoms in total. The van der Waals surface area contributed by atoms with Gasteiger partial charge in [0.15, 0.2) is 6.10 Å². The van der Waals surface area contributed by atoms with E-state index in [1.165, 1.54) is 19.3 Å². The van der Waals surface area contributed by atoms with Crippen LogP contribution in [0.2, 0.25) is 0 Å². The molecule has 32 heavy (non-hydrogen) atoms. The SMILES string of the molecule is C=C(CC(CC(C)C)NC(=O)OC(C)(C)C)C(=O)OC(C)C(F)(F)F.CCC.CCCC. The number of carbonyl (C=O) groups is 2. The van der Waals surface area contributed by atoms with Crippen molar-refractivity contribution in [2.45, 2.75) is 125 Å². The van der Waals surface area contributed by atoms with Crippen LogP contribution in [-0.4, -0.2) is 36.0 Å². The molecule has 0 aliphatic rings. The second-order valence-electron chi connectivity index (χ2n) is 9.08. The fourth-order valence-corrected chi connectivity index (χ4v) is 1.93. The van der Waals surface area contributed by atoms with Gasteiger partial charge in [0, 0.05) is 11.6 Å². The summed E-state index contributed by atoms with van der Waals surface area (Å²) in [5.41, 5.74) is -0.831. The first kappa shape index (κ1) is 34.9. The van der Waals surface area contributed by atoms with Crippen molar-refractivity contribution in [1.82, 2.24) is 5.32 Å². The van der Waals surface area contributed by atoms with Gasteiger partial charge < -0.3 is 14.8 Å². The lowest BCUT2D eigenvalue weighted by atomic mass is 9.98. The molecule has 0 saturated heterocycles. The van der Waals surface area contributed by atoms with Gasteiger partial charge in [-0.1, -0.05) is 67.4 Å². The largest absolute Gasteiger partial charge is 0.450 e. The quantitative estimate of drug-likeness (QED) is 0.294. The van der Waals surface area contributed by atoms with Gasteiger partial charge in [-0.3, -0.25) is 0 Å². The van der Waals surface area contributed by atoms with Gasteiger partial charge in [-0.2, -0.15) is 13.2 Å². The van der Waals surface area contributed by atoms with E-state index in [1.807, 2.05) is 13.8 Å². The molecule has 0 aromatic carbocycles. The number of amides is 1. The Hall–Kier alpha value is -1.73. The van der Waals surface area contributed by atoms with Crippen molar-refractivity contribution in [1.29, 1.82) is 0 Å². The second kappa shape index (κ2) is 17.8. The van der Waals surface area contributed by atoms with E-state index in [4.69, 9.17) is 4.74 Å². The van der Waals surface area contributed by atoms with E-state index in [2.05, 4.69) is 44.3 Å². The fraction of sp³-hybridized carbons (Fsp3) is 0.833. The zero-order valence-corrected chi connectivity index (χ0v) is 21.7. The molecule has 1 amide bonds. The first-order valence-corrected chi connectivity index (χ1v) is 11.4. The van der Waals surface area contributed by atoms with Crippen molar-refractivity contribution in [3.8, 4) is 0 Å². The van der Waals surface area contributed by atoms with Gasteiger partial charge in [0.25, 0.3) is 0 Å². The van der Waals surface area contributed by atoms with E-state index in [9.17, 15) is 22.8 Å². The monoisotopic (exact) mass is 469 g/mol. The Morgan fingerprint density at radius 2 is 1.41 bits per heavy atom. The number of rotatable bonds is 8. The molecule has 2 atom stereocenters. The number of alkyl halides is 3. The van der Waals surface area contributed by atoms with E-state index < -0.39 is 36.0 Å². The zero-order chi connectivity index (χ0) is 26.1. The molecule has 1 N–H and O–H groups in total. The predicted octanol–water partition coefficient (Wildman–Crippen LogP) is 7.59. The summed E-state index contributed by atoms with van der Waals surface area (Å²) in [4.78, 5) is 23.7. The van der Waals surface area contributed by atoms with Crippen LogP contribution in [-0.2, 0) is 14.3 Å². The van der Waals surface area contributed by atoms with Gasteiger partial charge in [0.2, 0.25) is 0 Å². The van der Waals surface area contributed by atoms with Crippen molar-refractivity contribution in [2.75, 3.05) is 0 Å². The van der Waals surface area contributed by atoms with Gasteiger partial charge in [0.1, 0.15) is 5.60 Å². The van der Waals surface area contributed by atoms with Crippen LogP contribution < -0.4 is 5.32 Å². The molecule has 0 radical (unpaired) electrons. The Kier molecular flexibility index (Phi) is 19.4. The number of nitrogens with one attached hydrogen (secondary N) is 1. The molecule has 2 unspecified atom stereocenters. The minimum absolute atomic E-state index is 0.0270. The second-order valence-corrected chi connectivity index (χ2v) is 9.08. The van der Waals surface area contributed by atoms with E-state index in [1.54, 1.807) is 20.8 Å². The fourth-order valence-electron chi connectivity index (χ4n) is 1.93. The Labute approximate surface area is 193 Å². The normalized spacial score (nSPS) is 12.9.